The van der Waals surface area contributed by atoms with Gasteiger partial charge in [0.05, 0.1) is 40.7 Å². The number of aromatic hydroxyl groups is 1. The van der Waals surface area contributed by atoms with Gasteiger partial charge in [0.2, 0.25) is 23.7 Å². The van der Waals surface area contributed by atoms with Crippen LogP contribution in [0, 0.1) is 10.8 Å². The first kappa shape index (κ1) is 62.7. The number of phenols is 1. The third-order valence-electron chi connectivity index (χ3n) is 16.7. The maximum absolute atomic E-state index is 13.3. The number of likely N-dealkylation sites (tertiary alicyclic amines) is 2. The van der Waals surface area contributed by atoms with Gasteiger partial charge in [-0.3, -0.25) is 19.2 Å². The fourth-order valence-corrected chi connectivity index (χ4v) is 12.0. The second-order valence-electron chi connectivity index (χ2n) is 25.4. The monoisotopic (exact) mass is 1210 g/mol. The zero-order chi connectivity index (χ0) is 59.9. The van der Waals surface area contributed by atoms with Crippen LogP contribution in [0.5, 0.6) is 11.5 Å². The summed E-state index contributed by atoms with van der Waals surface area (Å²) in [5.74, 6) is 2.57. The molecule has 0 spiro atoms. The van der Waals surface area contributed by atoms with Crippen LogP contribution in [0.3, 0.4) is 0 Å². The number of nitrogens with zero attached hydrogens (tertiary/aromatic N) is 10. The van der Waals surface area contributed by atoms with Crippen LogP contribution in [0.15, 0.2) is 48.8 Å². The number of carbonyl (C=O) groups is 4. The van der Waals surface area contributed by atoms with Crippen LogP contribution in [0.25, 0.3) is 0 Å². The first-order valence-electron chi connectivity index (χ1n) is 30.0. The molecular weight excluding hydrogens is 1120 g/mol. The van der Waals surface area contributed by atoms with E-state index in [-0.39, 0.29) is 47.6 Å². The van der Waals surface area contributed by atoms with E-state index in [9.17, 15) is 24.3 Å². The molecule has 0 bridgehead atoms. The number of nitrogens with one attached hydrogen (secondary N) is 4. The summed E-state index contributed by atoms with van der Waals surface area (Å²) in [6.07, 6.45) is 16.1. The molecule has 2 aliphatic carbocycles. The Morgan fingerprint density at radius 2 is 1.00 bits per heavy atom. The van der Waals surface area contributed by atoms with Crippen LogP contribution in [0.2, 0.25) is 0 Å². The molecule has 0 atom stereocenters. The van der Waals surface area contributed by atoms with Gasteiger partial charge >= 0.3 is 0 Å². The predicted octanol–water partition coefficient (Wildman–Crippen LogP) is 9.87. The molecule has 20 nitrogen and oxygen atoms in total. The molecule has 5 N–H and O–H groups in total. The van der Waals surface area contributed by atoms with E-state index >= 15 is 0 Å². The lowest BCUT2D eigenvalue weighted by Gasteiger charge is -2.34. The number of ether oxygens (including phenoxy) is 1. The lowest BCUT2D eigenvalue weighted by molar-refractivity contribution is -0.126. The molecule has 4 amide bonds. The Hall–Kier alpha value is -6.32. The topological polar surface area (TPSA) is 217 Å². The number of anilines is 8. The number of hydrogen-bond acceptors (Lipinski definition) is 16. The molecule has 0 radical (unpaired) electrons. The van der Waals surface area contributed by atoms with Crippen molar-refractivity contribution in [2.75, 3.05) is 97.7 Å². The molecule has 10 rings (SSSR count). The minimum Gasteiger partial charge on any atom is -0.506 e. The van der Waals surface area contributed by atoms with Gasteiger partial charge in [-0.2, -0.15) is 9.97 Å². The number of alkyl halides is 1. The van der Waals surface area contributed by atoms with Crippen LogP contribution >= 0.6 is 15.9 Å². The van der Waals surface area contributed by atoms with Crippen molar-refractivity contribution in [3.05, 3.63) is 59.9 Å². The summed E-state index contributed by atoms with van der Waals surface area (Å²) in [7, 11) is 7.78. The number of phenolic OH excluding ortho intramolecular Hbond substituents is 1. The number of rotatable bonds is 12. The van der Waals surface area contributed by atoms with Crippen molar-refractivity contribution in [2.24, 2.45) is 10.8 Å². The molecule has 2 aromatic carbocycles. The zero-order valence-electron chi connectivity index (χ0n) is 51.1. The van der Waals surface area contributed by atoms with Crippen LogP contribution in [0.1, 0.15) is 153 Å². The molecule has 83 heavy (non-hydrogen) atoms. The Morgan fingerprint density at radius 1 is 0.614 bits per heavy atom. The highest BCUT2D eigenvalue weighted by atomic mass is 79.9. The van der Waals surface area contributed by atoms with Gasteiger partial charge in [0, 0.05) is 67.3 Å². The van der Waals surface area contributed by atoms with Crippen molar-refractivity contribution < 1.29 is 29.0 Å². The van der Waals surface area contributed by atoms with Gasteiger partial charge in [-0.25, -0.2) is 9.97 Å². The maximum atomic E-state index is 13.3. The molecule has 6 heterocycles. The Kier molecular flexibility index (Phi) is 20.5. The minimum absolute atomic E-state index is 0.0373. The molecule has 0 unspecified atom stereocenters. The number of amides is 4. The molecular formula is C62H91BrN14O6. The molecule has 4 aromatic rings. The van der Waals surface area contributed by atoms with Gasteiger partial charge in [-0.05, 0) is 170 Å². The van der Waals surface area contributed by atoms with Crippen LogP contribution < -0.4 is 45.6 Å². The van der Waals surface area contributed by atoms with Gasteiger partial charge in [0.25, 0.3) is 11.8 Å². The molecule has 2 saturated carbocycles. The first-order chi connectivity index (χ1) is 39.4. The van der Waals surface area contributed by atoms with E-state index < -0.39 is 10.8 Å². The van der Waals surface area contributed by atoms with Crippen molar-refractivity contribution in [3.8, 4) is 11.5 Å². The van der Waals surface area contributed by atoms with Crippen molar-refractivity contribution in [2.45, 2.75) is 168 Å². The van der Waals surface area contributed by atoms with E-state index in [2.05, 4.69) is 94.7 Å². The maximum Gasteiger partial charge on any atom is 0.251 e. The van der Waals surface area contributed by atoms with Crippen molar-refractivity contribution >= 4 is 85.8 Å². The number of fused-ring (bicyclic) bond motifs is 2. The van der Waals surface area contributed by atoms with Crippen molar-refractivity contribution in [1.29, 1.82) is 0 Å². The number of halogens is 1. The summed E-state index contributed by atoms with van der Waals surface area (Å²) in [5.41, 5.74) is 2.35. The number of aromatic nitrogens is 4. The molecule has 2 aromatic heterocycles. The summed E-state index contributed by atoms with van der Waals surface area (Å²) in [5, 5.41) is 23.5. The lowest BCUT2D eigenvalue weighted by atomic mass is 9.91. The fraction of sp³-hybridized carbons (Fsp3) is 0.613. The third-order valence-corrected chi connectivity index (χ3v) is 16.7. The summed E-state index contributed by atoms with van der Waals surface area (Å²) >= 11 is 3.27. The highest BCUT2D eigenvalue weighted by Crippen LogP contribution is 2.43. The SMILES string of the molecule is CC(C)Br.CC(C)Oc1cc(C(=O)NC2CCN(C)CC2)ccc1Nc1ncc2c(n1)N(C1CCCC1)CC(C)(C)C(=O)N2C.CN1CCC(NC(=O)c2ccc(Nc3ncc4c(n3)N(C3CCCC3)CC(C)(C)C(=O)N4C)c(O)c2)CC1. The lowest BCUT2D eigenvalue weighted by Crippen LogP contribution is -2.45. The molecule has 2 saturated heterocycles. The van der Waals surface area contributed by atoms with Crippen LogP contribution in [-0.4, -0.2) is 161 Å². The number of piperidine rings is 2. The highest BCUT2D eigenvalue weighted by Gasteiger charge is 2.43. The standard InChI is InChI=1S/C31H45N7O3.C28H39N7O3.C3H7Br/c1-20(2)41-26-17-21(28(39)33-22-13-15-36(5)16-14-22)11-12-24(26)34-30-32-18-25-27(35-30)38(23-9-7-8-10-23)19-31(3,4)29(40)37(25)6;1-28(2)17-35(20-7-5-6-8-20)24-22(34(4)26(28)38)16-29-27(32-24)31-21-10-9-18(15-23(21)36)25(37)30-19-11-13-33(3)14-12-19;1-3(2)4/h11-12,17-18,20,22-23H,7-10,13-16,19H2,1-6H3,(H,33,39)(H,32,34,35);9-10,15-16,19-20,36H,5-8,11-14,17H2,1-4H3,(H,30,37)(H,29,31,32);3H,1-2H3. The van der Waals surface area contributed by atoms with E-state index in [0.717, 1.165) is 94.9 Å². The van der Waals surface area contributed by atoms with E-state index in [1.807, 2.05) is 53.7 Å². The van der Waals surface area contributed by atoms with E-state index in [0.29, 0.717) is 75.8 Å². The van der Waals surface area contributed by atoms with Gasteiger partial charge < -0.3 is 60.5 Å². The third kappa shape index (κ3) is 15.7. The van der Waals surface area contributed by atoms with E-state index in [1.165, 1.54) is 31.7 Å². The number of carbonyl (C=O) groups excluding carboxylic acids is 4. The van der Waals surface area contributed by atoms with Crippen molar-refractivity contribution in [1.82, 2.24) is 40.4 Å². The molecule has 4 aliphatic heterocycles. The second-order valence-corrected chi connectivity index (χ2v) is 27.2. The average Bonchev–Trinajstić information content (AvgIpc) is 3.17. The van der Waals surface area contributed by atoms with Crippen LogP contribution in [0.4, 0.5) is 46.3 Å². The van der Waals surface area contributed by atoms with Gasteiger partial charge in [0.15, 0.2) is 11.6 Å². The first-order valence-corrected chi connectivity index (χ1v) is 30.9. The summed E-state index contributed by atoms with van der Waals surface area (Å²) in [4.78, 5) is 84.4. The highest BCUT2D eigenvalue weighted by molar-refractivity contribution is 9.09. The van der Waals surface area contributed by atoms with Crippen molar-refractivity contribution in [3.63, 3.8) is 0 Å². The summed E-state index contributed by atoms with van der Waals surface area (Å²) < 4.78 is 6.14. The average molecular weight is 1210 g/mol. The Labute approximate surface area is 500 Å². The Bertz CT molecular complexity index is 2910. The summed E-state index contributed by atoms with van der Waals surface area (Å²) in [6, 6.07) is 11.3. The van der Waals surface area contributed by atoms with Gasteiger partial charge in [-0.15, -0.1) is 0 Å². The Balaban J connectivity index is 0.000000204. The Morgan fingerprint density at radius 3 is 1.40 bits per heavy atom. The minimum atomic E-state index is -0.562. The molecule has 452 valence electrons. The number of hydrogen-bond donors (Lipinski definition) is 5. The quantitative estimate of drug-likeness (QED) is 0.0659. The smallest absolute Gasteiger partial charge is 0.251 e. The molecule has 21 heteroatoms. The van der Waals surface area contributed by atoms with E-state index in [4.69, 9.17) is 14.7 Å². The fourth-order valence-electron chi connectivity index (χ4n) is 12.0. The molecule has 4 fully saturated rings. The second kappa shape index (κ2) is 27.2. The van der Waals surface area contributed by atoms with Gasteiger partial charge in [0.1, 0.15) is 22.9 Å². The predicted molar refractivity (Wildman–Crippen MR) is 335 cm³/mol. The van der Waals surface area contributed by atoms with E-state index in [1.54, 1.807) is 54.5 Å². The summed E-state index contributed by atoms with van der Waals surface area (Å²) in [6.45, 7) is 21.1. The largest absolute Gasteiger partial charge is 0.506 e. The molecule has 6 aliphatic rings. The van der Waals surface area contributed by atoms with Crippen LogP contribution in [-0.2, 0) is 9.59 Å². The number of benzene rings is 2. The normalized spacial score (nSPS) is 19.9. The van der Waals surface area contributed by atoms with Gasteiger partial charge in [-0.1, -0.05) is 55.5 Å². The zero-order valence-corrected chi connectivity index (χ0v) is 52.7.